The molecule has 2 aliphatic heterocycles. The summed E-state index contributed by atoms with van der Waals surface area (Å²) in [6.45, 7) is 12.3. The van der Waals surface area contributed by atoms with Gasteiger partial charge in [0.1, 0.15) is 9.57 Å². The van der Waals surface area contributed by atoms with Crippen LogP contribution in [0, 0.1) is 3.82 Å². The predicted octanol–water partition coefficient (Wildman–Crippen LogP) is 3.97. The summed E-state index contributed by atoms with van der Waals surface area (Å²) in [6, 6.07) is 4.43. The summed E-state index contributed by atoms with van der Waals surface area (Å²) in [4.78, 5) is 11.0. The van der Waals surface area contributed by atoms with Crippen LogP contribution in [-0.2, 0) is 19.5 Å². The summed E-state index contributed by atoms with van der Waals surface area (Å²) in [6.07, 6.45) is 0.955. The first kappa shape index (κ1) is 23.3. The van der Waals surface area contributed by atoms with E-state index in [9.17, 15) is 5.11 Å². The molecule has 2 aliphatic rings. The van der Waals surface area contributed by atoms with Gasteiger partial charge in [-0.2, -0.15) is 0 Å². The fraction of sp³-hybridized carbons (Fsp3) is 0.609. The molecular formula is C23H34N4OS3. The topological polar surface area (TPSA) is 33.2 Å². The van der Waals surface area contributed by atoms with E-state index in [0.29, 0.717) is 5.75 Å². The number of phenolic OH excluding ortho intramolecular Hbond substituents is 1. The number of piperazine rings is 2. The number of rotatable bonds is 6. The van der Waals surface area contributed by atoms with E-state index in [0.717, 1.165) is 86.8 Å². The molecule has 0 amide bonds. The van der Waals surface area contributed by atoms with Crippen LogP contribution in [-0.4, -0.2) is 91.2 Å². The van der Waals surface area contributed by atoms with Crippen molar-refractivity contribution in [2.24, 2.45) is 0 Å². The lowest BCUT2D eigenvalue weighted by Crippen LogP contribution is -2.44. The van der Waals surface area contributed by atoms with Gasteiger partial charge in [0.05, 0.1) is 4.88 Å². The van der Waals surface area contributed by atoms with Crippen molar-refractivity contribution in [2.75, 3.05) is 66.5 Å². The minimum absolute atomic E-state index is 0.485. The molecule has 0 unspecified atom stereocenters. The van der Waals surface area contributed by atoms with E-state index in [-0.39, 0.29) is 0 Å². The van der Waals surface area contributed by atoms with E-state index in [4.69, 9.17) is 12.2 Å². The van der Waals surface area contributed by atoms with Gasteiger partial charge in [-0.25, -0.2) is 0 Å². The zero-order valence-corrected chi connectivity index (χ0v) is 21.3. The molecule has 0 radical (unpaired) electrons. The molecule has 1 N–H and O–H groups in total. The van der Waals surface area contributed by atoms with E-state index >= 15 is 0 Å². The van der Waals surface area contributed by atoms with Crippen LogP contribution < -0.4 is 0 Å². The molecule has 5 nitrogen and oxygen atoms in total. The Bertz CT molecular complexity index is 896. The minimum atomic E-state index is 0.485. The van der Waals surface area contributed by atoms with Gasteiger partial charge < -0.3 is 14.9 Å². The van der Waals surface area contributed by atoms with Crippen molar-refractivity contribution in [3.05, 3.63) is 32.6 Å². The molecule has 8 heteroatoms. The van der Waals surface area contributed by atoms with Gasteiger partial charge >= 0.3 is 0 Å². The Kier molecular flexibility index (Phi) is 7.80. The van der Waals surface area contributed by atoms with E-state index in [1.165, 1.54) is 16.0 Å². The molecule has 0 spiro atoms. The van der Waals surface area contributed by atoms with Gasteiger partial charge in [0.15, 0.2) is 0 Å². The highest BCUT2D eigenvalue weighted by Crippen LogP contribution is 2.39. The summed E-state index contributed by atoms with van der Waals surface area (Å²) in [5.41, 5.74) is 4.61. The second kappa shape index (κ2) is 10.4. The van der Waals surface area contributed by atoms with E-state index in [2.05, 4.69) is 52.8 Å². The molecule has 2 fully saturated rings. The van der Waals surface area contributed by atoms with Crippen molar-refractivity contribution < 1.29 is 5.11 Å². The van der Waals surface area contributed by atoms with Crippen molar-refractivity contribution in [1.29, 1.82) is 0 Å². The Balaban J connectivity index is 1.66. The zero-order chi connectivity index (χ0) is 22.0. The lowest BCUT2D eigenvalue weighted by molar-refractivity contribution is 0.144. The average molecular weight is 479 g/mol. The van der Waals surface area contributed by atoms with Crippen molar-refractivity contribution in [3.8, 4) is 16.2 Å². The Hall–Kier alpha value is -0.870. The van der Waals surface area contributed by atoms with Crippen LogP contribution >= 0.6 is 32.9 Å². The zero-order valence-electron chi connectivity index (χ0n) is 18.9. The van der Waals surface area contributed by atoms with Crippen LogP contribution in [0.5, 0.6) is 5.75 Å². The Labute approximate surface area is 198 Å². The number of likely N-dealkylation sites (N-methyl/N-ethyl adjacent to an activating group) is 2. The average Bonchev–Trinajstić information content (AvgIpc) is 3.14. The molecule has 31 heavy (non-hydrogen) atoms. The molecule has 0 aliphatic carbocycles. The standard InChI is InChI=1S/C23H34N4OS3/c1-4-20-22(30-31-23(20)29)17-13-18(15-26-9-5-24(2)6-10-26)21(28)19(14-17)16-27-11-7-25(3)8-12-27/h13-14,28H,4-12,15-16H2,1-3H3. The maximum absolute atomic E-state index is 11.3. The second-order valence-corrected chi connectivity index (χ2v) is 11.7. The second-order valence-electron chi connectivity index (χ2n) is 8.92. The molecule has 2 aromatic rings. The summed E-state index contributed by atoms with van der Waals surface area (Å²) < 4.78 is 1.01. The lowest BCUT2D eigenvalue weighted by Gasteiger charge is -2.34. The molecule has 3 heterocycles. The summed E-state index contributed by atoms with van der Waals surface area (Å²) in [5, 5.41) is 11.3. The fourth-order valence-electron chi connectivity index (χ4n) is 4.43. The maximum Gasteiger partial charge on any atom is 0.124 e. The van der Waals surface area contributed by atoms with Crippen LogP contribution in [0.2, 0.25) is 0 Å². The van der Waals surface area contributed by atoms with Crippen LogP contribution in [0.15, 0.2) is 12.1 Å². The number of hydrogen-bond acceptors (Lipinski definition) is 8. The monoisotopic (exact) mass is 478 g/mol. The molecule has 1 aromatic carbocycles. The van der Waals surface area contributed by atoms with Crippen LogP contribution in [0.25, 0.3) is 10.4 Å². The van der Waals surface area contributed by atoms with Gasteiger partial charge in [-0.15, -0.1) is 0 Å². The van der Waals surface area contributed by atoms with E-state index in [1.807, 2.05) is 0 Å². The van der Waals surface area contributed by atoms with Gasteiger partial charge in [0.2, 0.25) is 0 Å². The first-order chi connectivity index (χ1) is 14.9. The highest BCUT2D eigenvalue weighted by Gasteiger charge is 2.21. The number of hydrogen-bond donors (Lipinski definition) is 1. The third kappa shape index (κ3) is 5.55. The van der Waals surface area contributed by atoms with E-state index < -0.39 is 0 Å². The quantitative estimate of drug-likeness (QED) is 0.500. The first-order valence-electron chi connectivity index (χ1n) is 11.2. The smallest absolute Gasteiger partial charge is 0.124 e. The Morgan fingerprint density at radius 2 is 1.32 bits per heavy atom. The van der Waals surface area contributed by atoms with Crippen molar-refractivity contribution in [2.45, 2.75) is 26.4 Å². The third-order valence-corrected chi connectivity index (χ3v) is 9.78. The summed E-state index contributed by atoms with van der Waals surface area (Å²) in [5.74, 6) is 0.485. The Morgan fingerprint density at radius 1 is 0.839 bits per heavy atom. The Morgan fingerprint density at radius 3 is 1.77 bits per heavy atom. The maximum atomic E-state index is 11.3. The molecule has 0 bridgehead atoms. The highest BCUT2D eigenvalue weighted by atomic mass is 32.9. The predicted molar refractivity (Wildman–Crippen MR) is 135 cm³/mol. The molecule has 0 atom stereocenters. The van der Waals surface area contributed by atoms with E-state index in [1.54, 1.807) is 20.7 Å². The highest BCUT2D eigenvalue weighted by molar-refractivity contribution is 7.80. The molecule has 0 saturated carbocycles. The summed E-state index contributed by atoms with van der Waals surface area (Å²) in [7, 11) is 7.85. The molecular weight excluding hydrogens is 444 g/mol. The largest absolute Gasteiger partial charge is 0.507 e. The summed E-state index contributed by atoms with van der Waals surface area (Å²) >= 11 is 5.60. The van der Waals surface area contributed by atoms with Crippen LogP contribution in [0.3, 0.4) is 0 Å². The van der Waals surface area contributed by atoms with Gasteiger partial charge in [-0.05, 0) is 43.8 Å². The minimum Gasteiger partial charge on any atom is -0.507 e. The normalized spacial score (nSPS) is 19.8. The molecule has 1 aromatic heterocycles. The van der Waals surface area contributed by atoms with Gasteiger partial charge in [-0.1, -0.05) is 39.8 Å². The van der Waals surface area contributed by atoms with Gasteiger partial charge in [0, 0.05) is 76.6 Å². The fourth-order valence-corrected chi connectivity index (χ4v) is 7.54. The number of phenols is 1. The molecule has 2 saturated heterocycles. The number of aromatic hydroxyl groups is 1. The van der Waals surface area contributed by atoms with Crippen molar-refractivity contribution in [3.63, 3.8) is 0 Å². The third-order valence-electron chi connectivity index (χ3n) is 6.58. The van der Waals surface area contributed by atoms with Crippen molar-refractivity contribution >= 4 is 32.9 Å². The van der Waals surface area contributed by atoms with Crippen LogP contribution in [0.4, 0.5) is 0 Å². The SMILES string of the molecule is CCc1c(-c2cc(CN3CCN(C)CC3)c(O)c(CN3CCN(C)CC3)c2)ssc1=S. The van der Waals surface area contributed by atoms with Crippen molar-refractivity contribution in [1.82, 2.24) is 19.6 Å². The van der Waals surface area contributed by atoms with Crippen LogP contribution in [0.1, 0.15) is 23.6 Å². The van der Waals surface area contributed by atoms with Gasteiger partial charge in [0.25, 0.3) is 0 Å². The molecule has 4 rings (SSSR count). The van der Waals surface area contributed by atoms with Gasteiger partial charge in [-0.3, -0.25) is 9.80 Å². The number of nitrogens with zero attached hydrogens (tertiary/aromatic N) is 4. The lowest BCUT2D eigenvalue weighted by atomic mass is 9.99. The first-order valence-corrected chi connectivity index (χ1v) is 13.8. The molecule has 170 valence electrons. The number of benzene rings is 1.